The number of nitrogens with zero attached hydrogens (tertiary/aromatic N) is 2. The van der Waals surface area contributed by atoms with Gasteiger partial charge in [0.1, 0.15) is 0 Å². The minimum absolute atomic E-state index is 0.154. The van der Waals surface area contributed by atoms with Crippen LogP contribution in [0, 0.1) is 0 Å². The summed E-state index contributed by atoms with van der Waals surface area (Å²) in [6.07, 6.45) is 5.71. The van der Waals surface area contributed by atoms with Crippen molar-refractivity contribution in [1.29, 1.82) is 0 Å². The lowest BCUT2D eigenvalue weighted by Crippen LogP contribution is -2.28. The maximum Gasteiger partial charge on any atom is 0.0538 e. The van der Waals surface area contributed by atoms with Crippen LogP contribution in [0.1, 0.15) is 44.3 Å². The van der Waals surface area contributed by atoms with Gasteiger partial charge in [-0.05, 0) is 33.2 Å². The molecular formula is C12H24N4O. The molecule has 0 spiro atoms. The van der Waals surface area contributed by atoms with Crippen molar-refractivity contribution in [2.75, 3.05) is 19.7 Å². The zero-order valence-corrected chi connectivity index (χ0v) is 10.8. The second kappa shape index (κ2) is 7.42. The third kappa shape index (κ3) is 4.46. The Morgan fingerprint density at radius 3 is 2.76 bits per heavy atom. The Bertz CT molecular complexity index is 311. The lowest BCUT2D eigenvalue weighted by molar-refractivity contribution is 0.282. The highest BCUT2D eigenvalue weighted by atomic mass is 16.2. The van der Waals surface area contributed by atoms with Gasteiger partial charge < -0.3 is 16.2 Å². The van der Waals surface area contributed by atoms with Gasteiger partial charge in [-0.15, -0.1) is 0 Å². The van der Waals surface area contributed by atoms with Crippen molar-refractivity contribution in [3.8, 4) is 0 Å². The molecule has 1 rings (SSSR count). The van der Waals surface area contributed by atoms with E-state index in [1.165, 1.54) is 0 Å². The molecule has 1 aromatic rings. The Morgan fingerprint density at radius 2 is 2.24 bits per heavy atom. The predicted octanol–water partition coefficient (Wildman–Crippen LogP) is 0.826. The molecule has 17 heavy (non-hydrogen) atoms. The maximum absolute atomic E-state index is 8.70. The first kappa shape index (κ1) is 14.2. The van der Waals surface area contributed by atoms with Crippen molar-refractivity contribution in [2.45, 2.75) is 38.8 Å². The molecule has 0 fully saturated rings. The Morgan fingerprint density at radius 1 is 1.47 bits per heavy atom. The van der Waals surface area contributed by atoms with Gasteiger partial charge in [-0.2, -0.15) is 5.10 Å². The van der Waals surface area contributed by atoms with Crippen molar-refractivity contribution in [1.82, 2.24) is 15.1 Å². The second-order valence-corrected chi connectivity index (χ2v) is 4.52. The van der Waals surface area contributed by atoms with Crippen molar-refractivity contribution >= 4 is 0 Å². The highest BCUT2D eigenvalue weighted by molar-refractivity contribution is 5.11. The molecule has 0 saturated carbocycles. The average molecular weight is 240 g/mol. The highest BCUT2D eigenvalue weighted by Crippen LogP contribution is 2.13. The SMILES string of the molecule is CC(C)n1cc(C(CN)NCCCCO)cn1. The van der Waals surface area contributed by atoms with Crippen LogP contribution in [0.3, 0.4) is 0 Å². The van der Waals surface area contributed by atoms with Gasteiger partial charge in [0, 0.05) is 37.0 Å². The van der Waals surface area contributed by atoms with Gasteiger partial charge in [0.15, 0.2) is 0 Å². The molecule has 1 unspecified atom stereocenters. The summed E-state index contributed by atoms with van der Waals surface area (Å²) in [6.45, 7) is 5.88. The molecule has 5 heteroatoms. The van der Waals surface area contributed by atoms with Crippen molar-refractivity contribution in [3.63, 3.8) is 0 Å². The molecule has 0 amide bonds. The molecule has 0 aromatic carbocycles. The molecule has 1 aromatic heterocycles. The van der Waals surface area contributed by atoms with Crippen LogP contribution in [0.15, 0.2) is 12.4 Å². The van der Waals surface area contributed by atoms with Crippen LogP contribution in [-0.2, 0) is 0 Å². The molecular weight excluding hydrogens is 216 g/mol. The van der Waals surface area contributed by atoms with E-state index >= 15 is 0 Å². The van der Waals surface area contributed by atoms with Gasteiger partial charge >= 0.3 is 0 Å². The summed E-state index contributed by atoms with van der Waals surface area (Å²) in [4.78, 5) is 0. The summed E-state index contributed by atoms with van der Waals surface area (Å²) in [5, 5.41) is 16.4. The van der Waals surface area contributed by atoms with Gasteiger partial charge in [0.2, 0.25) is 0 Å². The third-order valence-corrected chi connectivity index (χ3v) is 2.76. The Hall–Kier alpha value is -0.910. The van der Waals surface area contributed by atoms with Crippen molar-refractivity contribution < 1.29 is 5.11 Å². The van der Waals surface area contributed by atoms with Crippen molar-refractivity contribution in [3.05, 3.63) is 18.0 Å². The predicted molar refractivity (Wildman–Crippen MR) is 68.7 cm³/mol. The molecule has 4 N–H and O–H groups in total. The van der Waals surface area contributed by atoms with Gasteiger partial charge in [0.05, 0.1) is 6.20 Å². The smallest absolute Gasteiger partial charge is 0.0538 e. The zero-order valence-electron chi connectivity index (χ0n) is 10.8. The minimum atomic E-state index is 0.154. The Kier molecular flexibility index (Phi) is 6.18. The molecule has 0 aliphatic carbocycles. The minimum Gasteiger partial charge on any atom is -0.396 e. The highest BCUT2D eigenvalue weighted by Gasteiger charge is 2.11. The largest absolute Gasteiger partial charge is 0.396 e. The number of aliphatic hydroxyl groups is 1. The normalized spacial score (nSPS) is 13.2. The van der Waals surface area contributed by atoms with Gasteiger partial charge in [0.25, 0.3) is 0 Å². The summed E-state index contributed by atoms with van der Waals surface area (Å²) in [7, 11) is 0. The summed E-state index contributed by atoms with van der Waals surface area (Å²) < 4.78 is 1.94. The summed E-state index contributed by atoms with van der Waals surface area (Å²) >= 11 is 0. The van der Waals surface area contributed by atoms with Gasteiger partial charge in [-0.1, -0.05) is 0 Å². The molecule has 98 valence electrons. The first-order valence-corrected chi connectivity index (χ1v) is 6.27. The van der Waals surface area contributed by atoms with Crippen LogP contribution in [0.4, 0.5) is 0 Å². The number of unbranched alkanes of at least 4 members (excludes halogenated alkanes) is 1. The fourth-order valence-electron chi connectivity index (χ4n) is 1.67. The number of hydrogen-bond acceptors (Lipinski definition) is 4. The summed E-state index contributed by atoms with van der Waals surface area (Å²) in [6, 6.07) is 0.526. The van der Waals surface area contributed by atoms with Crippen LogP contribution in [0.25, 0.3) is 0 Å². The average Bonchev–Trinajstić information content (AvgIpc) is 2.79. The molecule has 0 aliphatic rings. The maximum atomic E-state index is 8.70. The molecule has 1 heterocycles. The molecule has 0 aliphatic heterocycles. The Balaban J connectivity index is 2.48. The first-order chi connectivity index (χ1) is 8.19. The van der Waals surface area contributed by atoms with Crippen LogP contribution in [-0.4, -0.2) is 34.6 Å². The number of aliphatic hydroxyl groups excluding tert-OH is 1. The number of nitrogens with two attached hydrogens (primary N) is 1. The summed E-state index contributed by atoms with van der Waals surface area (Å²) in [5.74, 6) is 0. The van der Waals surface area contributed by atoms with E-state index in [2.05, 4.69) is 24.3 Å². The number of aromatic nitrogens is 2. The molecule has 0 bridgehead atoms. The van der Waals surface area contributed by atoms with E-state index in [-0.39, 0.29) is 12.6 Å². The van der Waals surface area contributed by atoms with E-state index < -0.39 is 0 Å². The van der Waals surface area contributed by atoms with E-state index in [0.717, 1.165) is 24.9 Å². The zero-order chi connectivity index (χ0) is 12.7. The van der Waals surface area contributed by atoms with Gasteiger partial charge in [-0.25, -0.2) is 0 Å². The number of rotatable bonds is 8. The molecule has 5 nitrogen and oxygen atoms in total. The number of hydrogen-bond donors (Lipinski definition) is 3. The fraction of sp³-hybridized carbons (Fsp3) is 0.750. The molecule has 0 saturated heterocycles. The van der Waals surface area contributed by atoms with Crippen LogP contribution in [0.2, 0.25) is 0 Å². The standard InChI is InChI=1S/C12H24N4O/c1-10(2)16-9-11(8-15-16)12(7-13)14-5-3-4-6-17/h8-10,12,14,17H,3-7,13H2,1-2H3. The monoisotopic (exact) mass is 240 g/mol. The van der Waals surface area contributed by atoms with E-state index in [4.69, 9.17) is 10.8 Å². The Labute approximate surface area is 103 Å². The molecule has 0 radical (unpaired) electrons. The topological polar surface area (TPSA) is 76.1 Å². The fourth-order valence-corrected chi connectivity index (χ4v) is 1.67. The quantitative estimate of drug-likeness (QED) is 0.588. The van der Waals surface area contributed by atoms with Crippen LogP contribution < -0.4 is 11.1 Å². The van der Waals surface area contributed by atoms with Gasteiger partial charge in [-0.3, -0.25) is 4.68 Å². The lowest BCUT2D eigenvalue weighted by atomic mass is 10.1. The molecule has 1 atom stereocenters. The number of nitrogens with one attached hydrogen (secondary N) is 1. The van der Waals surface area contributed by atoms with E-state index in [0.29, 0.717) is 12.6 Å². The van der Waals surface area contributed by atoms with E-state index in [1.54, 1.807) is 0 Å². The first-order valence-electron chi connectivity index (χ1n) is 6.27. The van der Waals surface area contributed by atoms with Crippen LogP contribution in [0.5, 0.6) is 0 Å². The van der Waals surface area contributed by atoms with Crippen LogP contribution >= 0.6 is 0 Å². The van der Waals surface area contributed by atoms with E-state index in [9.17, 15) is 0 Å². The third-order valence-electron chi connectivity index (χ3n) is 2.76. The second-order valence-electron chi connectivity index (χ2n) is 4.52. The van der Waals surface area contributed by atoms with E-state index in [1.807, 2.05) is 17.1 Å². The lowest BCUT2D eigenvalue weighted by Gasteiger charge is -2.15. The summed E-state index contributed by atoms with van der Waals surface area (Å²) in [5.41, 5.74) is 6.89. The van der Waals surface area contributed by atoms with Crippen molar-refractivity contribution in [2.24, 2.45) is 5.73 Å².